The van der Waals surface area contributed by atoms with Crippen LogP contribution in [0.2, 0.25) is 0 Å². The highest BCUT2D eigenvalue weighted by molar-refractivity contribution is 5.94. The van der Waals surface area contributed by atoms with Crippen LogP contribution in [0.4, 0.5) is 10.1 Å². The molecule has 0 spiro atoms. The quantitative estimate of drug-likeness (QED) is 0.809. The molecule has 0 radical (unpaired) electrons. The SMILES string of the molecule is Cc1cccc(C(=O)NCCCN2CCN(c3ccccc3F)CC2)c1. The monoisotopic (exact) mass is 355 g/mol. The van der Waals surface area contributed by atoms with E-state index in [1.54, 1.807) is 6.07 Å². The van der Waals surface area contributed by atoms with Crippen molar-refractivity contribution in [2.24, 2.45) is 0 Å². The number of aryl methyl sites for hydroxylation is 1. The smallest absolute Gasteiger partial charge is 0.251 e. The average Bonchev–Trinajstić information content (AvgIpc) is 2.66. The maximum absolute atomic E-state index is 13.9. The number of hydrogen-bond donors (Lipinski definition) is 1. The van der Waals surface area contributed by atoms with Gasteiger partial charge in [0.1, 0.15) is 5.82 Å². The Morgan fingerprint density at radius 1 is 1.08 bits per heavy atom. The van der Waals surface area contributed by atoms with E-state index in [1.165, 1.54) is 6.07 Å². The predicted molar refractivity (Wildman–Crippen MR) is 103 cm³/mol. The van der Waals surface area contributed by atoms with Crippen molar-refractivity contribution in [3.8, 4) is 0 Å². The molecule has 0 saturated carbocycles. The molecule has 0 unspecified atom stereocenters. The largest absolute Gasteiger partial charge is 0.367 e. The molecule has 3 rings (SSSR count). The van der Waals surface area contributed by atoms with E-state index < -0.39 is 0 Å². The van der Waals surface area contributed by atoms with Gasteiger partial charge in [-0.05, 0) is 44.2 Å². The molecule has 1 aliphatic heterocycles. The van der Waals surface area contributed by atoms with Gasteiger partial charge in [-0.1, -0.05) is 29.8 Å². The lowest BCUT2D eigenvalue weighted by atomic mass is 10.1. The number of rotatable bonds is 6. The average molecular weight is 355 g/mol. The molecule has 1 heterocycles. The molecule has 4 nitrogen and oxygen atoms in total. The van der Waals surface area contributed by atoms with Crippen LogP contribution in [-0.4, -0.2) is 50.1 Å². The van der Waals surface area contributed by atoms with Crippen LogP contribution in [-0.2, 0) is 0 Å². The fraction of sp³-hybridized carbons (Fsp3) is 0.381. The topological polar surface area (TPSA) is 35.6 Å². The van der Waals surface area contributed by atoms with Crippen molar-refractivity contribution in [3.05, 3.63) is 65.5 Å². The van der Waals surface area contributed by atoms with Gasteiger partial charge in [0.15, 0.2) is 0 Å². The second kappa shape index (κ2) is 8.81. The first-order valence-corrected chi connectivity index (χ1v) is 9.20. The van der Waals surface area contributed by atoms with Gasteiger partial charge in [-0.25, -0.2) is 4.39 Å². The lowest BCUT2D eigenvalue weighted by molar-refractivity contribution is 0.0951. The third kappa shape index (κ3) is 4.82. The number of hydrogen-bond acceptors (Lipinski definition) is 3. The van der Waals surface area contributed by atoms with Gasteiger partial charge in [0.25, 0.3) is 5.91 Å². The minimum absolute atomic E-state index is 0.0157. The van der Waals surface area contributed by atoms with Gasteiger partial charge in [-0.3, -0.25) is 9.69 Å². The third-order valence-electron chi connectivity index (χ3n) is 4.78. The highest BCUT2D eigenvalue weighted by Crippen LogP contribution is 2.20. The molecule has 1 aliphatic rings. The summed E-state index contributed by atoms with van der Waals surface area (Å²) in [5.41, 5.74) is 2.49. The molecule has 2 aromatic rings. The summed E-state index contributed by atoms with van der Waals surface area (Å²) in [6.45, 7) is 7.09. The van der Waals surface area contributed by atoms with Gasteiger partial charge >= 0.3 is 0 Å². The van der Waals surface area contributed by atoms with Crippen LogP contribution >= 0.6 is 0 Å². The molecule has 0 aromatic heterocycles. The van der Waals surface area contributed by atoms with Crippen molar-refractivity contribution in [2.45, 2.75) is 13.3 Å². The summed E-state index contributed by atoms with van der Waals surface area (Å²) in [6.07, 6.45) is 0.914. The van der Waals surface area contributed by atoms with E-state index in [2.05, 4.69) is 15.1 Å². The standard InChI is InChI=1S/C21H26FN3O/c1-17-6-4-7-18(16-17)21(26)23-10-5-11-24-12-14-25(15-13-24)20-9-3-2-8-19(20)22/h2-4,6-9,16H,5,10-15H2,1H3,(H,23,26). The number of nitrogens with zero attached hydrogens (tertiary/aromatic N) is 2. The Hall–Kier alpha value is -2.40. The Kier molecular flexibility index (Phi) is 6.23. The highest BCUT2D eigenvalue weighted by atomic mass is 19.1. The van der Waals surface area contributed by atoms with E-state index in [4.69, 9.17) is 0 Å². The lowest BCUT2D eigenvalue weighted by Crippen LogP contribution is -2.47. The second-order valence-electron chi connectivity index (χ2n) is 6.76. The number of anilines is 1. The number of piperazine rings is 1. The van der Waals surface area contributed by atoms with Crippen molar-refractivity contribution < 1.29 is 9.18 Å². The van der Waals surface area contributed by atoms with Crippen LogP contribution in [0.3, 0.4) is 0 Å². The van der Waals surface area contributed by atoms with Crippen LogP contribution in [0.1, 0.15) is 22.3 Å². The maximum Gasteiger partial charge on any atom is 0.251 e. The van der Waals surface area contributed by atoms with E-state index in [0.717, 1.165) is 44.7 Å². The molecule has 138 valence electrons. The van der Waals surface area contributed by atoms with Crippen molar-refractivity contribution in [1.29, 1.82) is 0 Å². The maximum atomic E-state index is 13.9. The zero-order valence-electron chi connectivity index (χ0n) is 15.2. The third-order valence-corrected chi connectivity index (χ3v) is 4.78. The Bertz CT molecular complexity index is 742. The zero-order chi connectivity index (χ0) is 18.4. The molecular weight excluding hydrogens is 329 g/mol. The molecule has 0 aliphatic carbocycles. The Morgan fingerprint density at radius 3 is 2.58 bits per heavy atom. The number of carbonyl (C=O) groups is 1. The van der Waals surface area contributed by atoms with Crippen LogP contribution in [0.5, 0.6) is 0 Å². The summed E-state index contributed by atoms with van der Waals surface area (Å²) in [5, 5.41) is 2.98. The Balaban J connectivity index is 1.37. The van der Waals surface area contributed by atoms with Gasteiger partial charge in [0.2, 0.25) is 0 Å². The minimum Gasteiger partial charge on any atom is -0.367 e. The molecule has 0 atom stereocenters. The molecule has 2 aromatic carbocycles. The van der Waals surface area contributed by atoms with E-state index in [0.29, 0.717) is 17.8 Å². The first-order valence-electron chi connectivity index (χ1n) is 9.20. The minimum atomic E-state index is -0.153. The molecule has 0 bridgehead atoms. The molecule has 1 fully saturated rings. The van der Waals surface area contributed by atoms with Crippen LogP contribution in [0.15, 0.2) is 48.5 Å². The first-order chi connectivity index (χ1) is 12.6. The van der Waals surface area contributed by atoms with Gasteiger partial charge in [-0.2, -0.15) is 0 Å². The molecule has 1 N–H and O–H groups in total. The number of para-hydroxylation sites is 1. The van der Waals surface area contributed by atoms with E-state index >= 15 is 0 Å². The summed E-state index contributed by atoms with van der Waals surface area (Å²) in [5.74, 6) is -0.169. The van der Waals surface area contributed by atoms with Gasteiger partial charge in [0, 0.05) is 38.3 Å². The van der Waals surface area contributed by atoms with E-state index in [1.807, 2.05) is 43.3 Å². The number of carbonyl (C=O) groups excluding carboxylic acids is 1. The molecule has 5 heteroatoms. The summed E-state index contributed by atoms with van der Waals surface area (Å²) in [6, 6.07) is 14.6. The number of nitrogens with one attached hydrogen (secondary N) is 1. The van der Waals surface area contributed by atoms with E-state index in [-0.39, 0.29) is 11.7 Å². The van der Waals surface area contributed by atoms with Crippen molar-refractivity contribution in [3.63, 3.8) is 0 Å². The summed E-state index contributed by atoms with van der Waals surface area (Å²) in [4.78, 5) is 16.6. The second-order valence-corrected chi connectivity index (χ2v) is 6.76. The van der Waals surface area contributed by atoms with E-state index in [9.17, 15) is 9.18 Å². The normalized spacial score (nSPS) is 15.1. The van der Waals surface area contributed by atoms with Gasteiger partial charge in [-0.15, -0.1) is 0 Å². The van der Waals surface area contributed by atoms with Crippen LogP contribution in [0.25, 0.3) is 0 Å². The van der Waals surface area contributed by atoms with Crippen LogP contribution < -0.4 is 10.2 Å². The van der Waals surface area contributed by atoms with Gasteiger partial charge < -0.3 is 10.2 Å². The molecule has 26 heavy (non-hydrogen) atoms. The first kappa shape index (κ1) is 18.4. The number of benzene rings is 2. The molecular formula is C21H26FN3O. The predicted octanol–water partition coefficient (Wildman–Crippen LogP) is 3.08. The summed E-state index contributed by atoms with van der Waals surface area (Å²) < 4.78 is 13.9. The fourth-order valence-corrected chi connectivity index (χ4v) is 3.31. The highest BCUT2D eigenvalue weighted by Gasteiger charge is 2.18. The summed E-state index contributed by atoms with van der Waals surface area (Å²) in [7, 11) is 0. The Labute approximate surface area is 154 Å². The van der Waals surface area contributed by atoms with Gasteiger partial charge in [0.05, 0.1) is 5.69 Å². The number of halogens is 1. The van der Waals surface area contributed by atoms with Crippen molar-refractivity contribution in [2.75, 3.05) is 44.2 Å². The number of amides is 1. The molecule has 1 amide bonds. The molecule has 1 saturated heterocycles. The fourth-order valence-electron chi connectivity index (χ4n) is 3.31. The van der Waals surface area contributed by atoms with Crippen LogP contribution in [0, 0.1) is 12.7 Å². The summed E-state index contributed by atoms with van der Waals surface area (Å²) >= 11 is 0. The zero-order valence-corrected chi connectivity index (χ0v) is 15.2. The lowest BCUT2D eigenvalue weighted by Gasteiger charge is -2.36. The Morgan fingerprint density at radius 2 is 1.85 bits per heavy atom. The van der Waals surface area contributed by atoms with Crippen molar-refractivity contribution in [1.82, 2.24) is 10.2 Å². The van der Waals surface area contributed by atoms with Crippen molar-refractivity contribution >= 4 is 11.6 Å².